The fraction of sp³-hybridized carbons (Fsp3) is 0.571. The summed E-state index contributed by atoms with van der Waals surface area (Å²) in [7, 11) is -2.42. The van der Waals surface area contributed by atoms with E-state index in [2.05, 4.69) is 88.4 Å². The number of benzene rings is 2. The van der Waals surface area contributed by atoms with Crippen LogP contribution >= 0.6 is 0 Å². The van der Waals surface area contributed by atoms with E-state index in [1.54, 1.807) is 0 Å². The Morgan fingerprint density at radius 2 is 1.37 bits per heavy atom. The quantitative estimate of drug-likeness (QED) is 0.498. The molecule has 0 radical (unpaired) electrons. The van der Waals surface area contributed by atoms with Gasteiger partial charge in [0, 0.05) is 6.61 Å². The zero-order chi connectivity index (χ0) is 21.2. The van der Waals surface area contributed by atoms with Crippen LogP contribution in [0.2, 0.25) is 5.04 Å². The summed E-state index contributed by atoms with van der Waals surface area (Å²) in [4.78, 5) is 0. The van der Waals surface area contributed by atoms with E-state index < -0.39 is 8.32 Å². The van der Waals surface area contributed by atoms with Gasteiger partial charge < -0.3 is 4.43 Å². The van der Waals surface area contributed by atoms with Crippen LogP contribution in [0.3, 0.4) is 0 Å². The third-order valence-electron chi connectivity index (χ3n) is 8.44. The van der Waals surface area contributed by atoms with Crippen LogP contribution < -0.4 is 10.4 Å². The zero-order valence-corrected chi connectivity index (χ0v) is 20.5. The summed E-state index contributed by atoms with van der Waals surface area (Å²) in [6.07, 6.45) is 9.83. The Bertz CT molecular complexity index is 762. The average Bonchev–Trinajstić information content (AvgIpc) is 3.05. The van der Waals surface area contributed by atoms with E-state index in [9.17, 15) is 0 Å². The molecule has 30 heavy (non-hydrogen) atoms. The van der Waals surface area contributed by atoms with Gasteiger partial charge in [0.25, 0.3) is 8.32 Å². The van der Waals surface area contributed by atoms with Crippen LogP contribution in [0.1, 0.15) is 72.6 Å². The van der Waals surface area contributed by atoms with Crippen LogP contribution in [0, 0.1) is 17.3 Å². The van der Waals surface area contributed by atoms with Crippen molar-refractivity contribution in [1.82, 2.24) is 0 Å². The van der Waals surface area contributed by atoms with Gasteiger partial charge in [0.15, 0.2) is 0 Å². The van der Waals surface area contributed by atoms with Crippen molar-refractivity contribution < 1.29 is 4.43 Å². The fourth-order valence-electron chi connectivity index (χ4n) is 6.78. The van der Waals surface area contributed by atoms with Crippen LogP contribution in [-0.4, -0.2) is 14.9 Å². The van der Waals surface area contributed by atoms with Crippen LogP contribution in [0.4, 0.5) is 0 Å². The molecule has 4 rings (SSSR count). The van der Waals surface area contributed by atoms with Gasteiger partial charge in [-0.1, -0.05) is 108 Å². The molecule has 2 saturated carbocycles. The van der Waals surface area contributed by atoms with Gasteiger partial charge in [0.05, 0.1) is 0 Å². The Morgan fingerprint density at radius 1 is 0.833 bits per heavy atom. The topological polar surface area (TPSA) is 9.23 Å². The molecule has 0 heterocycles. The second-order valence-electron chi connectivity index (χ2n) is 10.9. The summed E-state index contributed by atoms with van der Waals surface area (Å²) >= 11 is 0. The second kappa shape index (κ2) is 8.63. The smallest absolute Gasteiger partial charge is 0.261 e. The molecule has 2 atom stereocenters. The first-order valence-corrected chi connectivity index (χ1v) is 14.1. The molecular formula is C28H40OSi. The standard InChI is InChI=1S/C28H40OSi/c1-23-18-19-24(28(23)20-12-7-13-21-28)22-29-30(27(2,3)4,25-14-8-5-9-15-25)26-16-10-6-11-17-26/h5-6,8-11,14-17,23-24H,7,12-13,18-22H2,1-4H3/t23-,24+/m1/s1. The van der Waals surface area contributed by atoms with Crippen molar-refractivity contribution in [3.05, 3.63) is 60.7 Å². The van der Waals surface area contributed by atoms with Crippen LogP contribution in [-0.2, 0) is 4.43 Å². The first-order chi connectivity index (χ1) is 14.4. The van der Waals surface area contributed by atoms with Gasteiger partial charge in [-0.3, -0.25) is 0 Å². The van der Waals surface area contributed by atoms with E-state index in [0.717, 1.165) is 18.4 Å². The van der Waals surface area contributed by atoms with Crippen molar-refractivity contribution in [3.8, 4) is 0 Å². The third kappa shape index (κ3) is 3.71. The fourth-order valence-corrected chi connectivity index (χ4v) is 11.4. The SMILES string of the molecule is C[C@@H]1CC[C@@H](CO[Si](c2ccccc2)(c2ccccc2)C(C)(C)C)C12CCCCC2. The predicted octanol–water partition coefficient (Wildman–Crippen LogP) is 6.56. The minimum absolute atomic E-state index is 0.0691. The molecule has 0 bridgehead atoms. The highest BCUT2D eigenvalue weighted by Crippen LogP contribution is 2.56. The first kappa shape index (κ1) is 21.8. The van der Waals surface area contributed by atoms with E-state index in [1.165, 1.54) is 55.3 Å². The Balaban J connectivity index is 1.72. The van der Waals surface area contributed by atoms with Crippen molar-refractivity contribution in [1.29, 1.82) is 0 Å². The maximum atomic E-state index is 7.37. The van der Waals surface area contributed by atoms with Gasteiger partial charge in [0.2, 0.25) is 0 Å². The molecule has 2 aromatic rings. The minimum Gasteiger partial charge on any atom is -0.407 e. The van der Waals surface area contributed by atoms with Gasteiger partial charge in [-0.15, -0.1) is 0 Å². The van der Waals surface area contributed by atoms with E-state index in [0.29, 0.717) is 5.41 Å². The minimum atomic E-state index is -2.42. The van der Waals surface area contributed by atoms with Gasteiger partial charge in [-0.2, -0.15) is 0 Å². The zero-order valence-electron chi connectivity index (χ0n) is 19.5. The molecule has 1 spiro atoms. The third-order valence-corrected chi connectivity index (χ3v) is 13.4. The Morgan fingerprint density at radius 3 is 1.87 bits per heavy atom. The summed E-state index contributed by atoms with van der Waals surface area (Å²) in [6, 6.07) is 22.3. The molecule has 162 valence electrons. The van der Waals surface area contributed by atoms with E-state index in [-0.39, 0.29) is 5.04 Å². The summed E-state index contributed by atoms with van der Waals surface area (Å²) in [5, 5.41) is 2.89. The molecule has 0 amide bonds. The van der Waals surface area contributed by atoms with Gasteiger partial charge in [-0.05, 0) is 58.3 Å². The van der Waals surface area contributed by atoms with Crippen molar-refractivity contribution in [3.63, 3.8) is 0 Å². The van der Waals surface area contributed by atoms with Crippen LogP contribution in [0.25, 0.3) is 0 Å². The van der Waals surface area contributed by atoms with Crippen molar-refractivity contribution in [2.24, 2.45) is 17.3 Å². The van der Waals surface area contributed by atoms with Gasteiger partial charge in [-0.25, -0.2) is 0 Å². The molecule has 0 unspecified atom stereocenters. The molecule has 2 heteroatoms. The van der Waals surface area contributed by atoms with Crippen molar-refractivity contribution in [2.75, 3.05) is 6.61 Å². The molecule has 0 saturated heterocycles. The molecule has 0 aliphatic heterocycles. The molecule has 2 aromatic carbocycles. The van der Waals surface area contributed by atoms with E-state index >= 15 is 0 Å². The lowest BCUT2D eigenvalue weighted by molar-refractivity contribution is 0.0492. The molecule has 2 aliphatic carbocycles. The highest BCUT2D eigenvalue weighted by atomic mass is 28.4. The van der Waals surface area contributed by atoms with Gasteiger partial charge in [0.1, 0.15) is 0 Å². The summed E-state index contributed by atoms with van der Waals surface area (Å²) in [5.74, 6) is 1.57. The highest BCUT2D eigenvalue weighted by Gasteiger charge is 2.53. The summed E-state index contributed by atoms with van der Waals surface area (Å²) in [6.45, 7) is 10.6. The van der Waals surface area contributed by atoms with Crippen LogP contribution in [0.5, 0.6) is 0 Å². The number of hydrogen-bond acceptors (Lipinski definition) is 1. The van der Waals surface area contributed by atoms with Crippen LogP contribution in [0.15, 0.2) is 60.7 Å². The van der Waals surface area contributed by atoms with Crippen molar-refractivity contribution >= 4 is 18.7 Å². The Hall–Kier alpha value is -1.38. The maximum Gasteiger partial charge on any atom is 0.261 e. The number of rotatable bonds is 5. The normalized spacial score (nSPS) is 24.3. The first-order valence-electron chi connectivity index (χ1n) is 12.2. The van der Waals surface area contributed by atoms with Gasteiger partial charge >= 0.3 is 0 Å². The van der Waals surface area contributed by atoms with E-state index in [1.807, 2.05) is 0 Å². The molecular weight excluding hydrogens is 380 g/mol. The largest absolute Gasteiger partial charge is 0.407 e. The second-order valence-corrected chi connectivity index (χ2v) is 15.2. The maximum absolute atomic E-state index is 7.37. The summed E-state index contributed by atoms with van der Waals surface area (Å²) < 4.78 is 7.37. The summed E-state index contributed by atoms with van der Waals surface area (Å²) in [5.41, 5.74) is 0.531. The van der Waals surface area contributed by atoms with Crippen molar-refractivity contribution in [2.45, 2.75) is 77.7 Å². The lowest BCUT2D eigenvalue weighted by atomic mass is 9.64. The molecule has 0 N–H and O–H groups in total. The monoisotopic (exact) mass is 420 g/mol. The van der Waals surface area contributed by atoms with E-state index in [4.69, 9.17) is 4.43 Å². The molecule has 2 aliphatic rings. The molecule has 1 nitrogen and oxygen atoms in total. The Labute approximate surface area is 185 Å². The Kier molecular flexibility index (Phi) is 6.28. The lowest BCUT2D eigenvalue weighted by Crippen LogP contribution is -2.67. The highest BCUT2D eigenvalue weighted by molar-refractivity contribution is 6.99. The lowest BCUT2D eigenvalue weighted by Gasteiger charge is -2.47. The molecule has 0 aromatic heterocycles. The molecule has 2 fully saturated rings. The predicted molar refractivity (Wildman–Crippen MR) is 131 cm³/mol. The average molecular weight is 421 g/mol. The number of hydrogen-bond donors (Lipinski definition) is 0.